The highest BCUT2D eigenvalue weighted by Crippen LogP contribution is 2.33. The molecule has 3 aliphatic heterocycles. The van der Waals surface area contributed by atoms with E-state index in [0.717, 1.165) is 18.7 Å². The van der Waals surface area contributed by atoms with Crippen molar-refractivity contribution in [1.82, 2.24) is 21.3 Å². The summed E-state index contributed by atoms with van der Waals surface area (Å²) in [6.07, 6.45) is -17.6. The van der Waals surface area contributed by atoms with Crippen LogP contribution in [-0.2, 0) is 47.8 Å². The van der Waals surface area contributed by atoms with Crippen LogP contribution in [0.15, 0.2) is 29.4 Å². The molecule has 3 fully saturated rings. The fourth-order valence-electron chi connectivity index (χ4n) is 7.33. The number of nitrogens with two attached hydrogens (primary N) is 1. The van der Waals surface area contributed by atoms with E-state index in [-0.39, 0.29) is 45.1 Å². The van der Waals surface area contributed by atoms with Crippen molar-refractivity contribution in [2.45, 2.75) is 164 Å². The van der Waals surface area contributed by atoms with Gasteiger partial charge in [0.1, 0.15) is 97.0 Å². The number of carbonyl (C=O) groups excluding carboxylic acids is 5. The van der Waals surface area contributed by atoms with Gasteiger partial charge in [0, 0.05) is 45.7 Å². The molecule has 0 spiro atoms. The third kappa shape index (κ3) is 22.8. The van der Waals surface area contributed by atoms with Crippen LogP contribution < -0.4 is 26.6 Å². The van der Waals surface area contributed by atoms with Crippen LogP contribution in [0.3, 0.4) is 0 Å². The number of aliphatic hydroxyl groups is 11. The van der Waals surface area contributed by atoms with Gasteiger partial charge in [-0.05, 0) is 37.5 Å². The number of halogens is 2. The maximum Gasteiger partial charge on any atom is 0.260 e. The van der Waals surface area contributed by atoms with Crippen molar-refractivity contribution in [3.8, 4) is 0 Å². The molecule has 1 aromatic carbocycles. The average Bonchev–Trinajstić information content (AvgIpc) is 3.40. The van der Waals surface area contributed by atoms with Gasteiger partial charge in [0.15, 0.2) is 24.9 Å². The number of ether oxygens (including phenoxy) is 4. The Balaban J connectivity index is 0.000000865. The Hall–Kier alpha value is -4.19. The zero-order chi connectivity index (χ0) is 57.3. The summed E-state index contributed by atoms with van der Waals surface area (Å²) in [6, 6.07) is 3.71. The topological polar surface area (TPSA) is 431 Å². The minimum atomic E-state index is -2.07. The highest BCUT2D eigenvalue weighted by molar-refractivity contribution is 7.99. The first kappa shape index (κ1) is 70.8. The number of nitrogens with zero attached hydrogens (tertiary/aromatic N) is 1. The number of amides is 4. The molecule has 17 atom stereocenters. The van der Waals surface area contributed by atoms with Gasteiger partial charge < -0.3 is 107 Å². The number of unbranched alkanes of at least 4 members (excludes halogenated alkanes) is 1. The Morgan fingerprint density at radius 3 is 2.13 bits per heavy atom. The first-order chi connectivity index (χ1) is 36.0. The zero-order valence-corrected chi connectivity index (χ0v) is 43.6. The molecule has 3 aliphatic rings. The molecule has 0 aliphatic carbocycles. The number of hydrogen-bond acceptors (Lipinski definition) is 23. The Bertz CT molecular complexity index is 1940. The van der Waals surface area contributed by atoms with Crippen LogP contribution in [0.4, 0.5) is 8.78 Å². The lowest BCUT2D eigenvalue weighted by molar-refractivity contribution is -0.700. The first-order valence-electron chi connectivity index (χ1n) is 24.5. The van der Waals surface area contributed by atoms with Gasteiger partial charge in [-0.3, -0.25) is 24.0 Å². The summed E-state index contributed by atoms with van der Waals surface area (Å²) in [6.45, 7) is 4.10. The third-order valence-corrected chi connectivity index (χ3v) is 13.0. The van der Waals surface area contributed by atoms with E-state index in [1.807, 2.05) is 13.8 Å². The molecule has 0 bridgehead atoms. The number of thioether (sulfide) groups is 1. The van der Waals surface area contributed by atoms with Crippen molar-refractivity contribution in [2.24, 2.45) is 5.16 Å². The van der Waals surface area contributed by atoms with Gasteiger partial charge in [0.2, 0.25) is 17.6 Å². The molecule has 4 rings (SSSR count). The predicted octanol–water partition coefficient (Wildman–Crippen LogP) is -6.11. The molecule has 3 heterocycles. The number of ketones is 1. The van der Waals surface area contributed by atoms with E-state index < -0.39 is 152 Å². The van der Waals surface area contributed by atoms with Crippen molar-refractivity contribution < 1.29 is 118 Å². The molecule has 77 heavy (non-hydrogen) atoms. The normalized spacial score (nSPS) is 30.1. The van der Waals surface area contributed by atoms with E-state index in [0.29, 0.717) is 31.4 Å². The maximum absolute atomic E-state index is 13.0. The van der Waals surface area contributed by atoms with E-state index in [1.165, 1.54) is 49.8 Å². The number of carbonyl (C=O) groups is 5. The van der Waals surface area contributed by atoms with Gasteiger partial charge in [-0.2, -0.15) is 0 Å². The minimum absolute atomic E-state index is 0. The number of likely N-dealkylation sites (N-methyl/N-ethyl adjacent to an activating group) is 1. The number of Topliss-reactive ketones (excluding diaryl/α,β-unsaturated/α-hetero) is 1. The summed E-state index contributed by atoms with van der Waals surface area (Å²) in [4.78, 5) is 64.8. The molecule has 9 unspecified atom stereocenters. The van der Waals surface area contributed by atoms with Crippen molar-refractivity contribution in [3.63, 3.8) is 0 Å². The summed E-state index contributed by atoms with van der Waals surface area (Å²) in [5.74, 6) is -5.13. The number of aliphatic hydroxyl groups excluding tert-OH is 10. The number of quaternary nitrogens is 1. The van der Waals surface area contributed by atoms with Gasteiger partial charge >= 0.3 is 0 Å². The molecule has 0 aromatic heterocycles. The zero-order valence-electron chi connectivity index (χ0n) is 42.8. The quantitative estimate of drug-likeness (QED) is 0.0233. The largest absolute Gasteiger partial charge is 0.394 e. The molecule has 1 aromatic rings. The molecular formula is C47H81F2N6O21S+. The van der Waals surface area contributed by atoms with Gasteiger partial charge in [-0.1, -0.05) is 38.6 Å². The Morgan fingerprint density at radius 2 is 1.53 bits per heavy atom. The van der Waals surface area contributed by atoms with Crippen LogP contribution in [0.2, 0.25) is 0 Å². The summed E-state index contributed by atoms with van der Waals surface area (Å²) < 4.78 is 47.1. The van der Waals surface area contributed by atoms with E-state index in [9.17, 15) is 88.9 Å². The fraction of sp³-hybridized carbons (Fsp3) is 0.745. The van der Waals surface area contributed by atoms with Crippen LogP contribution in [0.25, 0.3) is 0 Å². The molecule has 444 valence electrons. The monoisotopic (exact) mass is 1130 g/mol. The SMILES string of the molecule is C.CC.CC(=O)C(CCCCNC(=O)C(C)[18F])[NH2+]CC1(O)OCC(O)[C@@H](O)[C@@H]1O.CNC(=O)C(CNC(=O)CO/N=C\c1ccc([18F])cc1)NC(=O)CCS[C@@H]1OC(CO)[C@@H](O[C@@H]2OC(CO)[C@@H](O)[C@H](O)C2O)[C@H](O)C1O. The molecule has 3 saturated heterocycles. The highest BCUT2D eigenvalue weighted by atomic mass is 32.2. The lowest BCUT2D eigenvalue weighted by atomic mass is 9.96. The molecule has 27 nitrogen and oxygen atoms in total. The first-order valence-corrected chi connectivity index (χ1v) is 25.6. The molecular weight excluding hydrogens is 1050 g/mol. The van der Waals surface area contributed by atoms with Crippen LogP contribution >= 0.6 is 11.8 Å². The van der Waals surface area contributed by atoms with Crippen LogP contribution in [0.5, 0.6) is 0 Å². The van der Waals surface area contributed by atoms with Crippen molar-refractivity contribution in [2.75, 3.05) is 58.9 Å². The summed E-state index contributed by atoms with van der Waals surface area (Å²) in [7, 11) is 1.34. The van der Waals surface area contributed by atoms with Crippen LogP contribution in [0.1, 0.15) is 66.4 Å². The molecule has 30 heteroatoms. The smallest absolute Gasteiger partial charge is 0.260 e. The Morgan fingerprint density at radius 1 is 0.883 bits per heavy atom. The second-order valence-corrected chi connectivity index (χ2v) is 18.6. The predicted molar refractivity (Wildman–Crippen MR) is 268 cm³/mol. The number of nitrogens with one attached hydrogen (secondary N) is 4. The second-order valence-electron chi connectivity index (χ2n) is 17.4. The molecule has 17 N–H and O–H groups in total. The fourth-order valence-corrected chi connectivity index (χ4v) is 8.45. The molecule has 0 saturated carbocycles. The van der Waals surface area contributed by atoms with Crippen LogP contribution in [-0.4, -0.2) is 254 Å². The van der Waals surface area contributed by atoms with Crippen molar-refractivity contribution in [1.29, 1.82) is 0 Å². The van der Waals surface area contributed by atoms with Crippen LogP contribution in [0, 0.1) is 5.82 Å². The van der Waals surface area contributed by atoms with Gasteiger partial charge in [0.25, 0.3) is 11.8 Å². The summed E-state index contributed by atoms with van der Waals surface area (Å²) in [5, 5.41) is 125. The van der Waals surface area contributed by atoms with Gasteiger partial charge in [-0.15, -0.1) is 11.8 Å². The number of hydrogen-bond donors (Lipinski definition) is 16. The number of rotatable bonds is 26. The maximum atomic E-state index is 13.0. The third-order valence-electron chi connectivity index (χ3n) is 11.8. The number of oxime groups is 1. The van der Waals surface area contributed by atoms with E-state index in [2.05, 4.69) is 26.4 Å². The standard InChI is InChI=1S/C28H41FN4O14S.C16H29FN2O7.C2H6.CH4/c1-30-26(43)15(9-31-19(37)12-44-32-8-13-2-4-14(29)5-3-13)33-18(36)6-7-48-28-24(42)22(40)25(17(11-35)46-28)47-27-23(41)21(39)20(38)16(10-34)45-27;1-9(17)15(24)18-6-4-3-5-11(10(2)20)19-8-16(25)14(23)13(22)12(21)7-26-16;1-2;/h2-5,8,15-17,20-25,27-28,34-35,38-42H,6-7,9-12H2,1H3,(H,30,43)(H,31,37)(H,33,36);9,11-14,19,21-23,25H,3-8H2,1-2H3,(H,18,24);1-2H3;1H4/p+1/b32-8-;;;/t15?,16?,17?,20-,21+,22-,23?,24?,25-,27+,28+;9?,11?,12?,13-,14+,16?;;/m11../s1/i29-1;17-1;;. The second kappa shape index (κ2) is 36.1. The average molecular weight is 1130 g/mol. The summed E-state index contributed by atoms with van der Waals surface area (Å²) >= 11 is 0.914. The molecule has 0 radical (unpaired) electrons. The van der Waals surface area contributed by atoms with E-state index in [4.69, 9.17) is 23.8 Å². The lowest BCUT2D eigenvalue weighted by Crippen LogP contribution is -2.96. The number of alkyl halides is 1. The van der Waals surface area contributed by atoms with Gasteiger partial charge in [-0.25, -0.2) is 8.78 Å². The van der Waals surface area contributed by atoms with E-state index in [1.54, 1.807) is 0 Å². The summed E-state index contributed by atoms with van der Waals surface area (Å²) in [5.41, 5.74) is -0.615. The molecule has 4 amide bonds. The number of benzene rings is 1. The lowest BCUT2D eigenvalue weighted by Gasteiger charge is -2.46. The Labute approximate surface area is 449 Å². The van der Waals surface area contributed by atoms with Crippen molar-refractivity contribution in [3.05, 3.63) is 35.6 Å². The Kier molecular flexibility index (Phi) is 33.2. The van der Waals surface area contributed by atoms with E-state index >= 15 is 0 Å². The highest BCUT2D eigenvalue weighted by Gasteiger charge is 2.52. The van der Waals surface area contributed by atoms with Crippen molar-refractivity contribution >= 4 is 47.4 Å². The van der Waals surface area contributed by atoms with Gasteiger partial charge in [0.05, 0.1) is 26.0 Å². The minimum Gasteiger partial charge on any atom is -0.394 e.